The zero-order valence-electron chi connectivity index (χ0n) is 12.4. The quantitative estimate of drug-likeness (QED) is 0.765. The second-order valence-corrected chi connectivity index (χ2v) is 5.84. The number of benzene rings is 2. The van der Waals surface area contributed by atoms with Crippen LogP contribution in [0.3, 0.4) is 0 Å². The molecule has 0 atom stereocenters. The highest BCUT2D eigenvalue weighted by Gasteiger charge is 2.12. The molecule has 1 aromatic heterocycles. The molecule has 0 bridgehead atoms. The SMILES string of the molecule is Cc1ccc(C)c(CNC(=O)c2cc3cc(Cl)ccc3o2)c1. The number of furan rings is 1. The van der Waals surface area contributed by atoms with Crippen LogP contribution in [-0.4, -0.2) is 5.91 Å². The molecule has 0 radical (unpaired) electrons. The van der Waals surface area contributed by atoms with E-state index >= 15 is 0 Å². The number of carbonyl (C=O) groups excluding carboxylic acids is 1. The smallest absolute Gasteiger partial charge is 0.287 e. The van der Waals surface area contributed by atoms with Crippen LogP contribution in [-0.2, 0) is 6.54 Å². The molecule has 0 saturated carbocycles. The van der Waals surface area contributed by atoms with Crippen molar-refractivity contribution in [3.8, 4) is 0 Å². The summed E-state index contributed by atoms with van der Waals surface area (Å²) in [4.78, 5) is 12.2. The molecule has 3 aromatic rings. The summed E-state index contributed by atoms with van der Waals surface area (Å²) < 4.78 is 5.56. The number of fused-ring (bicyclic) bond motifs is 1. The van der Waals surface area contributed by atoms with Crippen LogP contribution in [0.1, 0.15) is 27.2 Å². The molecule has 1 heterocycles. The third kappa shape index (κ3) is 3.00. The third-order valence-corrected chi connectivity index (χ3v) is 3.88. The second-order valence-electron chi connectivity index (χ2n) is 5.41. The van der Waals surface area contributed by atoms with Crippen molar-refractivity contribution >= 4 is 28.5 Å². The van der Waals surface area contributed by atoms with E-state index in [0.29, 0.717) is 22.9 Å². The van der Waals surface area contributed by atoms with Crippen LogP contribution in [0.15, 0.2) is 46.9 Å². The fourth-order valence-corrected chi connectivity index (χ4v) is 2.56. The summed E-state index contributed by atoms with van der Waals surface area (Å²) >= 11 is 5.94. The van der Waals surface area contributed by atoms with Crippen LogP contribution in [0.2, 0.25) is 5.02 Å². The van der Waals surface area contributed by atoms with Crippen molar-refractivity contribution in [3.05, 3.63) is 69.9 Å². The molecular formula is C18H16ClNO2. The number of nitrogens with one attached hydrogen (secondary N) is 1. The standard InChI is InChI=1S/C18H16ClNO2/c1-11-3-4-12(2)14(7-11)10-20-18(21)17-9-13-8-15(19)5-6-16(13)22-17/h3-9H,10H2,1-2H3,(H,20,21). The minimum Gasteiger partial charge on any atom is -0.451 e. The van der Waals surface area contributed by atoms with Crippen molar-refractivity contribution in [2.24, 2.45) is 0 Å². The first-order valence-corrected chi connectivity index (χ1v) is 7.44. The van der Waals surface area contributed by atoms with E-state index in [4.69, 9.17) is 16.0 Å². The predicted molar refractivity (Wildman–Crippen MR) is 88.3 cm³/mol. The van der Waals surface area contributed by atoms with Crippen molar-refractivity contribution < 1.29 is 9.21 Å². The normalized spacial score (nSPS) is 10.9. The van der Waals surface area contributed by atoms with Crippen LogP contribution in [0.4, 0.5) is 0 Å². The molecule has 0 aliphatic rings. The van der Waals surface area contributed by atoms with E-state index in [1.165, 1.54) is 5.56 Å². The molecular weight excluding hydrogens is 298 g/mol. The van der Waals surface area contributed by atoms with E-state index < -0.39 is 0 Å². The lowest BCUT2D eigenvalue weighted by atomic mass is 10.1. The van der Waals surface area contributed by atoms with E-state index in [1.807, 2.05) is 13.8 Å². The van der Waals surface area contributed by atoms with Gasteiger partial charge in [-0.3, -0.25) is 4.79 Å². The Morgan fingerprint density at radius 1 is 1.14 bits per heavy atom. The Labute approximate surface area is 133 Å². The van der Waals surface area contributed by atoms with Crippen LogP contribution >= 0.6 is 11.6 Å². The Morgan fingerprint density at radius 2 is 1.95 bits per heavy atom. The van der Waals surface area contributed by atoms with Crippen LogP contribution in [0.25, 0.3) is 11.0 Å². The van der Waals surface area contributed by atoms with Crippen molar-refractivity contribution in [1.29, 1.82) is 0 Å². The minimum absolute atomic E-state index is 0.228. The number of halogens is 1. The van der Waals surface area contributed by atoms with Crippen molar-refractivity contribution in [3.63, 3.8) is 0 Å². The van der Waals surface area contributed by atoms with Gasteiger partial charge < -0.3 is 9.73 Å². The van der Waals surface area contributed by atoms with Crippen molar-refractivity contribution in [2.45, 2.75) is 20.4 Å². The van der Waals surface area contributed by atoms with Gasteiger partial charge in [-0.05, 0) is 49.2 Å². The largest absolute Gasteiger partial charge is 0.451 e. The summed E-state index contributed by atoms with van der Waals surface area (Å²) in [6.45, 7) is 4.54. The highest BCUT2D eigenvalue weighted by molar-refractivity contribution is 6.31. The fraction of sp³-hybridized carbons (Fsp3) is 0.167. The number of hydrogen-bond acceptors (Lipinski definition) is 2. The van der Waals surface area contributed by atoms with E-state index in [-0.39, 0.29) is 5.91 Å². The lowest BCUT2D eigenvalue weighted by Gasteiger charge is -2.08. The summed E-state index contributed by atoms with van der Waals surface area (Å²) in [6.07, 6.45) is 0. The van der Waals surface area contributed by atoms with Crippen LogP contribution < -0.4 is 5.32 Å². The number of hydrogen-bond donors (Lipinski definition) is 1. The number of carbonyl (C=O) groups is 1. The zero-order chi connectivity index (χ0) is 15.7. The Hall–Kier alpha value is -2.26. The molecule has 0 aliphatic heterocycles. The lowest BCUT2D eigenvalue weighted by Crippen LogP contribution is -2.22. The minimum atomic E-state index is -0.228. The molecule has 0 aliphatic carbocycles. The van der Waals surface area contributed by atoms with E-state index in [1.54, 1.807) is 24.3 Å². The first kappa shape index (κ1) is 14.7. The zero-order valence-corrected chi connectivity index (χ0v) is 13.2. The molecule has 0 spiro atoms. The fourth-order valence-electron chi connectivity index (χ4n) is 2.38. The Bertz CT molecular complexity index is 851. The van der Waals surface area contributed by atoms with Gasteiger partial charge in [0.1, 0.15) is 5.58 Å². The molecule has 4 heteroatoms. The van der Waals surface area contributed by atoms with Crippen LogP contribution in [0.5, 0.6) is 0 Å². The third-order valence-electron chi connectivity index (χ3n) is 3.65. The van der Waals surface area contributed by atoms with E-state index in [9.17, 15) is 4.79 Å². The highest BCUT2D eigenvalue weighted by Crippen LogP contribution is 2.23. The summed E-state index contributed by atoms with van der Waals surface area (Å²) in [7, 11) is 0. The Morgan fingerprint density at radius 3 is 2.77 bits per heavy atom. The van der Waals surface area contributed by atoms with Gasteiger partial charge in [-0.2, -0.15) is 0 Å². The average molecular weight is 314 g/mol. The first-order valence-electron chi connectivity index (χ1n) is 7.06. The van der Waals surface area contributed by atoms with Gasteiger partial charge >= 0.3 is 0 Å². The maximum absolute atomic E-state index is 12.2. The molecule has 22 heavy (non-hydrogen) atoms. The lowest BCUT2D eigenvalue weighted by molar-refractivity contribution is 0.0925. The molecule has 1 amide bonds. The summed E-state index contributed by atoms with van der Waals surface area (Å²) in [5, 5.41) is 4.34. The summed E-state index contributed by atoms with van der Waals surface area (Å²) in [6, 6.07) is 13.2. The van der Waals surface area contributed by atoms with E-state index in [0.717, 1.165) is 16.5 Å². The molecule has 112 valence electrons. The molecule has 3 nitrogen and oxygen atoms in total. The number of rotatable bonds is 3. The topological polar surface area (TPSA) is 42.2 Å². The molecule has 0 fully saturated rings. The van der Waals surface area contributed by atoms with Gasteiger partial charge in [0.2, 0.25) is 0 Å². The summed E-state index contributed by atoms with van der Waals surface area (Å²) in [5.41, 5.74) is 4.09. The average Bonchev–Trinajstić information content (AvgIpc) is 2.91. The van der Waals surface area contributed by atoms with E-state index in [2.05, 4.69) is 23.5 Å². The number of aryl methyl sites for hydroxylation is 2. The van der Waals surface area contributed by atoms with Gasteiger partial charge in [-0.15, -0.1) is 0 Å². The maximum atomic E-state index is 12.2. The molecule has 1 N–H and O–H groups in total. The van der Waals surface area contributed by atoms with Crippen LogP contribution in [0, 0.1) is 13.8 Å². The molecule has 0 saturated heterocycles. The van der Waals surface area contributed by atoms with Crippen molar-refractivity contribution in [2.75, 3.05) is 0 Å². The van der Waals surface area contributed by atoms with Gasteiger partial charge in [0.05, 0.1) is 0 Å². The molecule has 0 unspecified atom stereocenters. The van der Waals surface area contributed by atoms with Gasteiger partial charge in [0.15, 0.2) is 5.76 Å². The van der Waals surface area contributed by atoms with Gasteiger partial charge in [-0.25, -0.2) is 0 Å². The Balaban J connectivity index is 1.77. The summed E-state index contributed by atoms with van der Waals surface area (Å²) in [5.74, 6) is 0.0656. The first-order chi connectivity index (χ1) is 10.5. The molecule has 3 rings (SSSR count). The van der Waals surface area contributed by atoms with Gasteiger partial charge in [0.25, 0.3) is 5.91 Å². The molecule has 2 aromatic carbocycles. The predicted octanol–water partition coefficient (Wildman–Crippen LogP) is 4.63. The van der Waals surface area contributed by atoms with Gasteiger partial charge in [-0.1, -0.05) is 35.4 Å². The number of amides is 1. The second kappa shape index (κ2) is 5.85. The van der Waals surface area contributed by atoms with Crippen molar-refractivity contribution in [1.82, 2.24) is 5.32 Å². The maximum Gasteiger partial charge on any atom is 0.287 e. The van der Waals surface area contributed by atoms with Gasteiger partial charge in [0, 0.05) is 17.0 Å². The Kier molecular flexibility index (Phi) is 3.90. The monoisotopic (exact) mass is 313 g/mol. The highest BCUT2D eigenvalue weighted by atomic mass is 35.5.